The Morgan fingerprint density at radius 1 is 0.690 bits per heavy atom. The number of hydrogen-bond donors (Lipinski definition) is 0. The molecule has 0 fully saturated rings. The van der Waals surface area contributed by atoms with Gasteiger partial charge in [-0.25, -0.2) is 4.79 Å². The van der Waals surface area contributed by atoms with Gasteiger partial charge in [0.05, 0.1) is 4.75 Å². The van der Waals surface area contributed by atoms with E-state index in [9.17, 15) is 4.79 Å². The van der Waals surface area contributed by atoms with Crippen LogP contribution in [0, 0.1) is 0 Å². The molecule has 0 saturated heterocycles. The van der Waals surface area contributed by atoms with E-state index in [1.807, 2.05) is 18.8 Å². The van der Waals surface area contributed by atoms with Crippen molar-refractivity contribution in [2.24, 2.45) is 0 Å². The molecule has 0 bridgehead atoms. The van der Waals surface area contributed by atoms with Crippen LogP contribution in [-0.4, -0.2) is 36.4 Å². The van der Waals surface area contributed by atoms with Crippen LogP contribution >= 0.6 is 11.8 Å². The van der Waals surface area contributed by atoms with Gasteiger partial charge in [-0.1, -0.05) is 146 Å². The lowest BCUT2D eigenvalue weighted by molar-refractivity contribution is 0.109. The number of carbonyl (C=O) groups excluding carboxylic acids is 1. The van der Waals surface area contributed by atoms with E-state index in [1.165, 1.54) is 38.9 Å². The number of rotatable bonds is 9. The minimum Gasteiger partial charge on any atom is -0.448 e. The number of thioether (sulfide) groups is 1. The summed E-state index contributed by atoms with van der Waals surface area (Å²) in [4.78, 5) is 15.0. The van der Waals surface area contributed by atoms with Crippen LogP contribution in [-0.2, 0) is 9.48 Å². The summed E-state index contributed by atoms with van der Waals surface area (Å²) in [6, 6.07) is 48.8. The molecule has 1 amide bonds. The fourth-order valence-corrected chi connectivity index (χ4v) is 7.94. The fourth-order valence-electron chi connectivity index (χ4n) is 6.23. The van der Waals surface area contributed by atoms with Crippen LogP contribution in [0.3, 0.4) is 0 Å². The second kappa shape index (κ2) is 12.3. The van der Waals surface area contributed by atoms with E-state index in [0.717, 1.165) is 0 Å². The topological polar surface area (TPSA) is 29.5 Å². The van der Waals surface area contributed by atoms with Gasteiger partial charge in [0.1, 0.15) is 6.61 Å². The standard InChI is InChI=1S/C38H35NO2S/c1-28(26-39(2)37(40)41-27-36-34-24-14-12-22-32(34)33-23-13-15-25-35(33)36)42-38(29-16-6-3-7-17-29,30-18-8-4-9-19-30)31-20-10-5-11-21-31/h3-25,28,36H,26-27H2,1-2H3/t28-/m0/s1. The third kappa shape index (κ3) is 5.35. The molecule has 6 rings (SSSR count). The van der Waals surface area contributed by atoms with Gasteiger partial charge in [-0.05, 0) is 38.9 Å². The van der Waals surface area contributed by atoms with Gasteiger partial charge in [-0.15, -0.1) is 11.8 Å². The average Bonchev–Trinajstić information content (AvgIpc) is 3.37. The van der Waals surface area contributed by atoms with E-state index in [1.54, 1.807) is 4.90 Å². The van der Waals surface area contributed by atoms with E-state index in [2.05, 4.69) is 146 Å². The molecule has 1 atom stereocenters. The number of nitrogens with zero attached hydrogens (tertiary/aromatic N) is 1. The van der Waals surface area contributed by atoms with Crippen LogP contribution in [0.5, 0.6) is 0 Å². The van der Waals surface area contributed by atoms with Crippen molar-refractivity contribution in [3.05, 3.63) is 167 Å². The summed E-state index contributed by atoms with van der Waals surface area (Å²) in [5, 5.41) is 0.108. The van der Waals surface area contributed by atoms with E-state index < -0.39 is 4.75 Å². The number of fused-ring (bicyclic) bond motifs is 3. The summed E-state index contributed by atoms with van der Waals surface area (Å²) < 4.78 is 5.52. The van der Waals surface area contributed by atoms with Crippen LogP contribution in [0.15, 0.2) is 140 Å². The van der Waals surface area contributed by atoms with Crippen molar-refractivity contribution in [2.45, 2.75) is 22.8 Å². The third-order valence-corrected chi connectivity index (χ3v) is 9.71. The molecule has 5 aromatic carbocycles. The minimum absolute atomic E-state index is 0.0449. The molecule has 0 unspecified atom stereocenters. The molecular formula is C38H35NO2S. The highest BCUT2D eigenvalue weighted by Gasteiger charge is 2.39. The third-order valence-electron chi connectivity index (χ3n) is 8.10. The lowest BCUT2D eigenvalue weighted by Gasteiger charge is -2.38. The predicted molar refractivity (Wildman–Crippen MR) is 174 cm³/mol. The predicted octanol–water partition coefficient (Wildman–Crippen LogP) is 8.98. The van der Waals surface area contributed by atoms with E-state index in [0.29, 0.717) is 13.2 Å². The molecule has 210 valence electrons. The van der Waals surface area contributed by atoms with Crippen LogP contribution in [0.1, 0.15) is 40.7 Å². The number of benzene rings is 5. The Balaban J connectivity index is 1.21. The largest absolute Gasteiger partial charge is 0.448 e. The molecule has 1 aliphatic rings. The maximum absolute atomic E-state index is 13.3. The van der Waals surface area contributed by atoms with E-state index >= 15 is 0 Å². The average molecular weight is 570 g/mol. The van der Waals surface area contributed by atoms with Crippen molar-refractivity contribution in [3.8, 4) is 11.1 Å². The summed E-state index contributed by atoms with van der Waals surface area (Å²) in [5.74, 6) is 0.0449. The molecule has 0 aliphatic heterocycles. The number of amides is 1. The van der Waals surface area contributed by atoms with Gasteiger partial charge in [0.15, 0.2) is 0 Å². The number of hydrogen-bond acceptors (Lipinski definition) is 3. The van der Waals surface area contributed by atoms with Crippen molar-refractivity contribution in [1.82, 2.24) is 4.90 Å². The molecule has 4 heteroatoms. The molecule has 0 aromatic heterocycles. The van der Waals surface area contributed by atoms with Crippen molar-refractivity contribution in [1.29, 1.82) is 0 Å². The van der Waals surface area contributed by atoms with Gasteiger partial charge in [0.2, 0.25) is 0 Å². The summed E-state index contributed by atoms with van der Waals surface area (Å²) >= 11 is 1.87. The van der Waals surface area contributed by atoms with Gasteiger partial charge >= 0.3 is 6.09 Å². The second-order valence-electron chi connectivity index (χ2n) is 10.9. The SMILES string of the molecule is C[C@@H](CN(C)C(=O)OCC1c2ccccc2-c2ccccc21)SC(c1ccccc1)(c1ccccc1)c1ccccc1. The zero-order valence-electron chi connectivity index (χ0n) is 24.0. The molecule has 0 N–H and O–H groups in total. The fraction of sp³-hybridized carbons (Fsp3) is 0.184. The Morgan fingerprint density at radius 3 is 1.55 bits per heavy atom. The van der Waals surface area contributed by atoms with Crippen LogP contribution in [0.2, 0.25) is 0 Å². The minimum atomic E-state index is -0.439. The van der Waals surface area contributed by atoms with Gasteiger partial charge in [-0.2, -0.15) is 0 Å². The quantitative estimate of drug-likeness (QED) is 0.166. The highest BCUT2D eigenvalue weighted by Crippen LogP contribution is 2.50. The first-order valence-electron chi connectivity index (χ1n) is 14.5. The molecule has 1 aliphatic carbocycles. The Labute approximate surface area is 253 Å². The maximum Gasteiger partial charge on any atom is 0.409 e. The Morgan fingerprint density at radius 2 is 1.10 bits per heavy atom. The zero-order valence-corrected chi connectivity index (χ0v) is 24.8. The van der Waals surface area contributed by atoms with Crippen LogP contribution < -0.4 is 0 Å². The molecule has 0 radical (unpaired) electrons. The lowest BCUT2D eigenvalue weighted by Crippen LogP contribution is -2.36. The van der Waals surface area contributed by atoms with Crippen LogP contribution in [0.25, 0.3) is 11.1 Å². The summed E-state index contributed by atoms with van der Waals surface area (Å²) in [5.41, 5.74) is 8.53. The molecule has 42 heavy (non-hydrogen) atoms. The summed E-state index contributed by atoms with van der Waals surface area (Å²) in [6.07, 6.45) is -0.297. The van der Waals surface area contributed by atoms with E-state index in [-0.39, 0.29) is 17.3 Å². The highest BCUT2D eigenvalue weighted by molar-refractivity contribution is 8.01. The van der Waals surface area contributed by atoms with Gasteiger partial charge in [-0.3, -0.25) is 0 Å². The molecular weight excluding hydrogens is 534 g/mol. The normalized spacial score (nSPS) is 13.2. The van der Waals surface area contributed by atoms with Crippen molar-refractivity contribution >= 4 is 17.9 Å². The first kappa shape index (κ1) is 27.9. The van der Waals surface area contributed by atoms with Crippen LogP contribution in [0.4, 0.5) is 4.79 Å². The second-order valence-corrected chi connectivity index (χ2v) is 12.5. The maximum atomic E-state index is 13.3. The van der Waals surface area contributed by atoms with Crippen molar-refractivity contribution in [2.75, 3.05) is 20.2 Å². The molecule has 0 spiro atoms. The molecule has 5 aromatic rings. The van der Waals surface area contributed by atoms with Gasteiger partial charge < -0.3 is 9.64 Å². The monoisotopic (exact) mass is 569 g/mol. The zero-order chi connectivity index (χ0) is 28.9. The molecule has 0 saturated carbocycles. The highest BCUT2D eigenvalue weighted by atomic mass is 32.2. The molecule has 3 nitrogen and oxygen atoms in total. The Kier molecular flexibility index (Phi) is 8.16. The first-order chi connectivity index (χ1) is 20.6. The summed E-state index contributed by atoms with van der Waals surface area (Å²) in [6.45, 7) is 3.07. The van der Waals surface area contributed by atoms with Crippen molar-refractivity contribution in [3.63, 3.8) is 0 Å². The van der Waals surface area contributed by atoms with Gasteiger partial charge in [0.25, 0.3) is 0 Å². The summed E-state index contributed by atoms with van der Waals surface area (Å²) in [7, 11) is 1.84. The number of ether oxygens (including phenoxy) is 1. The smallest absolute Gasteiger partial charge is 0.409 e. The number of carbonyl (C=O) groups is 1. The Hall–Kier alpha value is -4.28. The van der Waals surface area contributed by atoms with Crippen molar-refractivity contribution < 1.29 is 9.53 Å². The Bertz CT molecular complexity index is 1500. The van der Waals surface area contributed by atoms with Gasteiger partial charge in [0, 0.05) is 24.8 Å². The molecule has 0 heterocycles. The lowest BCUT2D eigenvalue weighted by atomic mass is 9.84. The van der Waals surface area contributed by atoms with E-state index in [4.69, 9.17) is 4.74 Å². The first-order valence-corrected chi connectivity index (χ1v) is 15.4.